The third kappa shape index (κ3) is 5.26. The molecule has 30 heavy (non-hydrogen) atoms. The van der Waals surface area contributed by atoms with Gasteiger partial charge in [0.15, 0.2) is 0 Å². The van der Waals surface area contributed by atoms with Crippen molar-refractivity contribution in [1.82, 2.24) is 19.2 Å². The quantitative estimate of drug-likeness (QED) is 0.526. The average Bonchev–Trinajstić information content (AvgIpc) is 2.80. The summed E-state index contributed by atoms with van der Waals surface area (Å²) in [6.07, 6.45) is 3.23. The molecule has 4 rings (SSSR count). The van der Waals surface area contributed by atoms with Gasteiger partial charge < -0.3 is 0 Å². The second kappa shape index (κ2) is 9.70. The fraction of sp³-hybridized carbons (Fsp3) is 0.273. The third-order valence-corrected chi connectivity index (χ3v) is 7.88. The van der Waals surface area contributed by atoms with Gasteiger partial charge in [0.1, 0.15) is 4.90 Å². The van der Waals surface area contributed by atoms with E-state index in [2.05, 4.69) is 27.0 Å². The fourth-order valence-corrected chi connectivity index (χ4v) is 5.48. The first-order chi connectivity index (χ1) is 14.6. The van der Waals surface area contributed by atoms with Gasteiger partial charge in [0.05, 0.1) is 10.7 Å². The van der Waals surface area contributed by atoms with Crippen LogP contribution in [0.5, 0.6) is 0 Å². The van der Waals surface area contributed by atoms with Gasteiger partial charge in [0, 0.05) is 50.9 Å². The topological polar surface area (TPSA) is 66.4 Å². The molecule has 8 heteroatoms. The first-order valence-corrected chi connectivity index (χ1v) is 12.3. The Hall–Kier alpha value is -2.26. The van der Waals surface area contributed by atoms with Gasteiger partial charge in [-0.1, -0.05) is 36.4 Å². The highest BCUT2D eigenvalue weighted by Gasteiger charge is 2.28. The van der Waals surface area contributed by atoms with E-state index in [0.717, 1.165) is 30.4 Å². The van der Waals surface area contributed by atoms with Crippen LogP contribution in [-0.2, 0) is 22.3 Å². The molecule has 0 amide bonds. The number of rotatable bonds is 7. The maximum Gasteiger partial charge on any atom is 0.244 e. The number of hydrogen-bond donors (Lipinski definition) is 0. The summed E-state index contributed by atoms with van der Waals surface area (Å²) in [5, 5.41) is 0.785. The summed E-state index contributed by atoms with van der Waals surface area (Å²) in [6.45, 7) is 3.27. The van der Waals surface area contributed by atoms with Crippen LogP contribution in [0.2, 0.25) is 0 Å². The van der Waals surface area contributed by atoms with Crippen molar-refractivity contribution in [1.29, 1.82) is 0 Å². The summed E-state index contributed by atoms with van der Waals surface area (Å²) in [4.78, 5) is 11.2. The first-order valence-electron chi connectivity index (χ1n) is 9.86. The van der Waals surface area contributed by atoms with Crippen molar-refractivity contribution >= 4 is 21.8 Å². The number of thioether (sulfide) groups is 1. The van der Waals surface area contributed by atoms with Crippen molar-refractivity contribution in [2.45, 2.75) is 22.2 Å². The normalized spacial score (nSPS) is 15.9. The van der Waals surface area contributed by atoms with Gasteiger partial charge in [-0.3, -0.25) is 9.88 Å². The van der Waals surface area contributed by atoms with Crippen LogP contribution in [0, 0.1) is 0 Å². The van der Waals surface area contributed by atoms with Crippen LogP contribution >= 0.6 is 11.8 Å². The molecule has 1 fully saturated rings. The first kappa shape index (κ1) is 21.0. The summed E-state index contributed by atoms with van der Waals surface area (Å²) in [5.74, 6) is 0.698. The molecule has 0 aliphatic carbocycles. The molecule has 1 aliphatic heterocycles. The maximum absolute atomic E-state index is 13.0. The number of hydrogen-bond acceptors (Lipinski definition) is 6. The molecule has 3 aromatic rings. The van der Waals surface area contributed by atoms with E-state index < -0.39 is 10.0 Å². The minimum Gasteiger partial charge on any atom is -0.296 e. The van der Waals surface area contributed by atoms with Crippen LogP contribution in [-0.4, -0.2) is 53.8 Å². The number of pyridine rings is 2. The van der Waals surface area contributed by atoms with Gasteiger partial charge in [-0.05, 0) is 29.8 Å². The third-order valence-electron chi connectivity index (χ3n) is 5.02. The van der Waals surface area contributed by atoms with Crippen LogP contribution in [0.4, 0.5) is 0 Å². The van der Waals surface area contributed by atoms with Crippen LogP contribution in [0.1, 0.15) is 11.3 Å². The van der Waals surface area contributed by atoms with E-state index in [4.69, 9.17) is 0 Å². The average molecular weight is 441 g/mol. The smallest absolute Gasteiger partial charge is 0.244 e. The summed E-state index contributed by atoms with van der Waals surface area (Å²) in [6, 6.07) is 19.5. The van der Waals surface area contributed by atoms with Crippen molar-refractivity contribution in [3.63, 3.8) is 0 Å². The van der Waals surface area contributed by atoms with Gasteiger partial charge in [-0.15, -0.1) is 11.8 Å². The van der Waals surface area contributed by atoms with Crippen molar-refractivity contribution in [2.75, 3.05) is 26.2 Å². The molecule has 0 bridgehead atoms. The van der Waals surface area contributed by atoms with Crippen LogP contribution in [0.25, 0.3) is 0 Å². The van der Waals surface area contributed by atoms with E-state index in [1.807, 2.05) is 36.4 Å². The lowest BCUT2D eigenvalue weighted by Crippen LogP contribution is -2.48. The van der Waals surface area contributed by atoms with Crippen LogP contribution < -0.4 is 0 Å². The molecule has 0 atom stereocenters. The Morgan fingerprint density at radius 1 is 0.867 bits per heavy atom. The zero-order chi connectivity index (χ0) is 20.8. The van der Waals surface area contributed by atoms with E-state index in [1.165, 1.54) is 11.8 Å². The van der Waals surface area contributed by atoms with Gasteiger partial charge in [0.25, 0.3) is 0 Å². The molecular formula is C22H24N4O2S2. The summed E-state index contributed by atoms with van der Waals surface area (Å²) in [5.41, 5.74) is 2.21. The van der Waals surface area contributed by atoms with Gasteiger partial charge >= 0.3 is 0 Å². The Morgan fingerprint density at radius 3 is 2.30 bits per heavy atom. The van der Waals surface area contributed by atoms with Crippen LogP contribution in [0.3, 0.4) is 0 Å². The van der Waals surface area contributed by atoms with Crippen molar-refractivity contribution in [3.8, 4) is 0 Å². The molecule has 0 unspecified atom stereocenters. The minimum atomic E-state index is -3.52. The van der Waals surface area contributed by atoms with E-state index in [-0.39, 0.29) is 4.90 Å². The monoisotopic (exact) mass is 440 g/mol. The Kier molecular flexibility index (Phi) is 6.79. The second-order valence-electron chi connectivity index (χ2n) is 7.11. The fourth-order valence-electron chi connectivity index (χ4n) is 3.35. The minimum absolute atomic E-state index is 0.251. The standard InChI is InChI=1S/C22H24N4O2S2/c27-30(28,26-14-12-25(13-15-26)17-19-6-2-1-3-7-19)21-9-10-22(24-16-21)29-18-20-8-4-5-11-23-20/h1-11,16H,12-15,17-18H2. The molecule has 0 N–H and O–H groups in total. The molecule has 3 heterocycles. The highest BCUT2D eigenvalue weighted by Crippen LogP contribution is 2.23. The molecule has 1 aromatic carbocycles. The molecule has 0 saturated carbocycles. The molecule has 0 spiro atoms. The van der Waals surface area contributed by atoms with Gasteiger partial charge in [-0.25, -0.2) is 13.4 Å². The highest BCUT2D eigenvalue weighted by molar-refractivity contribution is 7.98. The molecule has 1 aliphatic rings. The molecular weight excluding hydrogens is 416 g/mol. The predicted molar refractivity (Wildman–Crippen MR) is 119 cm³/mol. The van der Waals surface area contributed by atoms with E-state index in [1.54, 1.807) is 34.4 Å². The molecule has 156 valence electrons. The number of nitrogens with zero attached hydrogens (tertiary/aromatic N) is 4. The van der Waals surface area contributed by atoms with Crippen LogP contribution in [0.15, 0.2) is 83.0 Å². The van der Waals surface area contributed by atoms with E-state index in [9.17, 15) is 8.42 Å². The largest absolute Gasteiger partial charge is 0.296 e. The molecule has 6 nitrogen and oxygen atoms in total. The lowest BCUT2D eigenvalue weighted by molar-refractivity contribution is 0.181. The van der Waals surface area contributed by atoms with Crippen molar-refractivity contribution in [2.24, 2.45) is 0 Å². The number of sulfonamides is 1. The zero-order valence-electron chi connectivity index (χ0n) is 16.6. The van der Waals surface area contributed by atoms with Crippen molar-refractivity contribution in [3.05, 3.63) is 84.3 Å². The Labute approximate surface area is 182 Å². The summed E-state index contributed by atoms with van der Waals surface area (Å²) >= 11 is 1.54. The second-order valence-corrected chi connectivity index (χ2v) is 10.0. The van der Waals surface area contributed by atoms with Crippen molar-refractivity contribution < 1.29 is 8.42 Å². The zero-order valence-corrected chi connectivity index (χ0v) is 18.2. The molecule has 1 saturated heterocycles. The predicted octanol–water partition coefficient (Wildman–Crippen LogP) is 3.28. The van der Waals surface area contributed by atoms with E-state index >= 15 is 0 Å². The lowest BCUT2D eigenvalue weighted by Gasteiger charge is -2.33. The summed E-state index contributed by atoms with van der Waals surface area (Å²) in [7, 11) is -3.52. The van der Waals surface area contributed by atoms with Gasteiger partial charge in [0.2, 0.25) is 10.0 Å². The lowest BCUT2D eigenvalue weighted by atomic mass is 10.2. The number of aromatic nitrogens is 2. The Balaban J connectivity index is 1.33. The summed E-state index contributed by atoms with van der Waals surface area (Å²) < 4.78 is 27.5. The molecule has 2 aromatic heterocycles. The number of piperazine rings is 1. The Morgan fingerprint density at radius 2 is 1.63 bits per heavy atom. The van der Waals surface area contributed by atoms with Gasteiger partial charge in [-0.2, -0.15) is 4.31 Å². The Bertz CT molecular complexity index is 1040. The number of benzene rings is 1. The highest BCUT2D eigenvalue weighted by atomic mass is 32.2. The maximum atomic E-state index is 13.0. The van der Waals surface area contributed by atoms with E-state index in [0.29, 0.717) is 18.8 Å². The molecule has 0 radical (unpaired) electrons. The SMILES string of the molecule is O=S(=O)(c1ccc(SCc2ccccn2)nc1)N1CCN(Cc2ccccc2)CC1.